The summed E-state index contributed by atoms with van der Waals surface area (Å²) >= 11 is 1.50. The lowest BCUT2D eigenvalue weighted by molar-refractivity contribution is 0.101. The Morgan fingerprint density at radius 3 is 2.64 bits per heavy atom. The summed E-state index contributed by atoms with van der Waals surface area (Å²) in [5.74, 6) is 0.0280. The van der Waals surface area contributed by atoms with Crippen molar-refractivity contribution >= 4 is 22.3 Å². The quantitative estimate of drug-likeness (QED) is 0.693. The molecule has 0 aliphatic heterocycles. The Kier molecular flexibility index (Phi) is 2.24. The highest BCUT2D eigenvalue weighted by Gasteiger charge is 2.09. The summed E-state index contributed by atoms with van der Waals surface area (Å²) in [5.41, 5.74) is 0.583. The summed E-state index contributed by atoms with van der Waals surface area (Å²) in [4.78, 5) is 16.0. The van der Waals surface area contributed by atoms with Gasteiger partial charge in [0.15, 0.2) is 10.9 Å². The molecule has 1 rings (SSSR count). The van der Waals surface area contributed by atoms with E-state index in [1.165, 1.54) is 18.3 Å². The van der Waals surface area contributed by atoms with Gasteiger partial charge >= 0.3 is 0 Å². The second kappa shape index (κ2) is 3.00. The van der Waals surface area contributed by atoms with Crippen molar-refractivity contribution in [1.82, 2.24) is 4.98 Å². The highest BCUT2D eigenvalue weighted by molar-refractivity contribution is 7.15. The SMILES string of the molecule is CNc1nc(C(C)=O)c(C)s1.[HH]. The van der Waals surface area contributed by atoms with Gasteiger partial charge in [-0.1, -0.05) is 0 Å². The van der Waals surface area contributed by atoms with Crippen molar-refractivity contribution in [3.05, 3.63) is 10.6 Å². The number of hydrogen-bond acceptors (Lipinski definition) is 4. The van der Waals surface area contributed by atoms with Crippen LogP contribution in [0.15, 0.2) is 0 Å². The lowest BCUT2D eigenvalue weighted by Crippen LogP contribution is -1.95. The van der Waals surface area contributed by atoms with Crippen molar-refractivity contribution in [3.8, 4) is 0 Å². The van der Waals surface area contributed by atoms with Gasteiger partial charge in [0.05, 0.1) is 0 Å². The monoisotopic (exact) mass is 172 g/mol. The number of rotatable bonds is 2. The van der Waals surface area contributed by atoms with E-state index >= 15 is 0 Å². The lowest BCUT2D eigenvalue weighted by Gasteiger charge is -1.87. The summed E-state index contributed by atoms with van der Waals surface area (Å²) in [7, 11) is 1.79. The number of carbonyl (C=O) groups excluding carboxylic acids is 1. The molecule has 0 spiro atoms. The minimum Gasteiger partial charge on any atom is -0.365 e. The maximum absolute atomic E-state index is 10.9. The Morgan fingerprint density at radius 1 is 1.73 bits per heavy atom. The lowest BCUT2D eigenvalue weighted by atomic mass is 10.3. The molecule has 1 heterocycles. The first kappa shape index (κ1) is 8.20. The van der Waals surface area contributed by atoms with Crippen LogP contribution in [0.4, 0.5) is 5.13 Å². The number of Topliss-reactive ketones (excluding diaryl/α,β-unsaturated/α-hetero) is 1. The highest BCUT2D eigenvalue weighted by Crippen LogP contribution is 2.21. The first-order chi connectivity index (χ1) is 5.15. The molecule has 0 unspecified atom stereocenters. The van der Waals surface area contributed by atoms with Gasteiger partial charge in [0, 0.05) is 20.3 Å². The fraction of sp³-hybridized carbons (Fsp3) is 0.429. The summed E-state index contributed by atoms with van der Waals surface area (Å²) in [6.07, 6.45) is 0. The highest BCUT2D eigenvalue weighted by atomic mass is 32.1. The molecule has 11 heavy (non-hydrogen) atoms. The van der Waals surface area contributed by atoms with E-state index in [9.17, 15) is 4.79 Å². The van der Waals surface area contributed by atoms with Gasteiger partial charge in [-0.15, -0.1) is 11.3 Å². The van der Waals surface area contributed by atoms with Crippen molar-refractivity contribution in [2.75, 3.05) is 12.4 Å². The number of ketones is 1. The number of hydrogen-bond donors (Lipinski definition) is 1. The molecular weight excluding hydrogens is 160 g/mol. The third-order valence-electron chi connectivity index (χ3n) is 1.34. The van der Waals surface area contributed by atoms with Crippen LogP contribution in [0.3, 0.4) is 0 Å². The second-order valence-electron chi connectivity index (χ2n) is 2.23. The Labute approximate surface area is 70.9 Å². The van der Waals surface area contributed by atoms with Crippen molar-refractivity contribution in [2.24, 2.45) is 0 Å². The van der Waals surface area contributed by atoms with Gasteiger partial charge in [-0.2, -0.15) is 0 Å². The standard InChI is InChI=1S/C7H10N2OS.H2/c1-4(10)6-5(2)11-7(8-3)9-6;/h1-3H3,(H,8,9);1H. The molecule has 3 nitrogen and oxygen atoms in total. The number of nitrogens with zero attached hydrogens (tertiary/aromatic N) is 1. The van der Waals surface area contributed by atoms with Gasteiger partial charge in [0.1, 0.15) is 5.69 Å². The summed E-state index contributed by atoms with van der Waals surface area (Å²) in [5, 5.41) is 3.70. The first-order valence-corrected chi connectivity index (χ1v) is 4.13. The largest absolute Gasteiger partial charge is 0.365 e. The van der Waals surface area contributed by atoms with E-state index in [1.807, 2.05) is 6.92 Å². The number of aryl methyl sites for hydroxylation is 1. The van der Waals surface area contributed by atoms with Crippen LogP contribution in [0.25, 0.3) is 0 Å². The summed E-state index contributed by atoms with van der Waals surface area (Å²) in [6, 6.07) is 0. The zero-order valence-corrected chi connectivity index (χ0v) is 7.58. The van der Waals surface area contributed by atoms with Crippen molar-refractivity contribution in [3.63, 3.8) is 0 Å². The molecule has 0 saturated carbocycles. The maximum Gasteiger partial charge on any atom is 0.183 e. The molecule has 1 aromatic heterocycles. The number of nitrogens with one attached hydrogen (secondary N) is 1. The minimum atomic E-state index is 0. The summed E-state index contributed by atoms with van der Waals surface area (Å²) in [6.45, 7) is 3.43. The van der Waals surface area contributed by atoms with E-state index in [0.29, 0.717) is 5.69 Å². The van der Waals surface area contributed by atoms with E-state index in [-0.39, 0.29) is 7.21 Å². The van der Waals surface area contributed by atoms with Crippen molar-refractivity contribution < 1.29 is 6.22 Å². The van der Waals surface area contributed by atoms with E-state index in [0.717, 1.165) is 10.0 Å². The Morgan fingerprint density at radius 2 is 2.36 bits per heavy atom. The molecule has 0 aromatic carbocycles. The zero-order chi connectivity index (χ0) is 8.43. The number of carbonyl (C=O) groups is 1. The molecule has 62 valence electrons. The van der Waals surface area contributed by atoms with E-state index in [2.05, 4.69) is 10.3 Å². The third-order valence-corrected chi connectivity index (χ3v) is 2.33. The first-order valence-electron chi connectivity index (χ1n) is 3.31. The molecule has 0 fully saturated rings. The third kappa shape index (κ3) is 1.57. The number of aromatic nitrogens is 1. The number of anilines is 1. The normalized spacial score (nSPS) is 9.73. The molecule has 0 radical (unpaired) electrons. The van der Waals surface area contributed by atoms with E-state index in [4.69, 9.17) is 0 Å². The maximum atomic E-state index is 10.9. The average Bonchev–Trinajstić information content (AvgIpc) is 2.30. The van der Waals surface area contributed by atoms with Crippen LogP contribution < -0.4 is 5.32 Å². The van der Waals surface area contributed by atoms with Gasteiger partial charge in [0.2, 0.25) is 0 Å². The number of thiazole rings is 1. The molecule has 0 saturated heterocycles. The molecule has 0 aliphatic carbocycles. The van der Waals surface area contributed by atoms with Crippen LogP contribution >= 0.6 is 11.3 Å². The second-order valence-corrected chi connectivity index (χ2v) is 3.43. The molecule has 0 atom stereocenters. The van der Waals surface area contributed by atoms with Gasteiger partial charge in [-0.05, 0) is 6.92 Å². The molecule has 0 bridgehead atoms. The predicted octanol–water partition coefficient (Wildman–Crippen LogP) is 1.94. The van der Waals surface area contributed by atoms with Gasteiger partial charge < -0.3 is 5.32 Å². The minimum absolute atomic E-state index is 0. The van der Waals surface area contributed by atoms with Crippen LogP contribution in [0.1, 0.15) is 23.7 Å². The van der Waals surface area contributed by atoms with Crippen molar-refractivity contribution in [1.29, 1.82) is 0 Å². The fourth-order valence-corrected chi connectivity index (χ4v) is 1.65. The van der Waals surface area contributed by atoms with Crippen LogP contribution in [0.2, 0.25) is 0 Å². The Balaban J connectivity index is 0.00000121. The van der Waals surface area contributed by atoms with Crippen LogP contribution in [0, 0.1) is 6.92 Å². The average molecular weight is 172 g/mol. The molecule has 4 heteroatoms. The Bertz CT molecular complexity index is 285. The van der Waals surface area contributed by atoms with Gasteiger partial charge in [-0.25, -0.2) is 4.98 Å². The van der Waals surface area contributed by atoms with Crippen LogP contribution in [-0.4, -0.2) is 17.8 Å². The molecule has 0 amide bonds. The molecule has 1 aromatic rings. The smallest absolute Gasteiger partial charge is 0.183 e. The van der Waals surface area contributed by atoms with E-state index in [1.54, 1.807) is 7.05 Å². The Hall–Kier alpha value is -0.900. The predicted molar refractivity (Wildman–Crippen MR) is 48.5 cm³/mol. The van der Waals surface area contributed by atoms with Crippen LogP contribution in [-0.2, 0) is 0 Å². The summed E-state index contributed by atoms with van der Waals surface area (Å²) < 4.78 is 0. The zero-order valence-electron chi connectivity index (χ0n) is 6.76. The topological polar surface area (TPSA) is 42.0 Å². The molecular formula is C7H12N2OS. The molecule has 1 N–H and O–H groups in total. The fourth-order valence-electron chi connectivity index (χ4n) is 0.830. The molecule has 0 aliphatic rings. The van der Waals surface area contributed by atoms with Gasteiger partial charge in [-0.3, -0.25) is 4.79 Å². The van der Waals surface area contributed by atoms with Crippen LogP contribution in [0.5, 0.6) is 0 Å². The van der Waals surface area contributed by atoms with Gasteiger partial charge in [0.25, 0.3) is 0 Å². The van der Waals surface area contributed by atoms with E-state index < -0.39 is 0 Å². The van der Waals surface area contributed by atoms with Crippen molar-refractivity contribution in [2.45, 2.75) is 13.8 Å².